The molecule has 31 heavy (non-hydrogen) atoms. The molecule has 0 atom stereocenters. The van der Waals surface area contributed by atoms with Crippen LogP contribution in [0.25, 0.3) is 0 Å². The lowest BCUT2D eigenvalue weighted by Gasteiger charge is -2.31. The van der Waals surface area contributed by atoms with E-state index in [1.165, 1.54) is 23.5 Å². The van der Waals surface area contributed by atoms with E-state index in [1.54, 1.807) is 0 Å². The van der Waals surface area contributed by atoms with E-state index in [-0.39, 0.29) is 12.8 Å². The first-order chi connectivity index (χ1) is 14.7. The van der Waals surface area contributed by atoms with Gasteiger partial charge in [0.2, 0.25) is 0 Å². The van der Waals surface area contributed by atoms with Crippen LogP contribution in [0.5, 0.6) is 0 Å². The summed E-state index contributed by atoms with van der Waals surface area (Å²) in [6, 6.07) is 14.4. The molecule has 1 aliphatic rings. The summed E-state index contributed by atoms with van der Waals surface area (Å²) in [7, 11) is -4.08. The summed E-state index contributed by atoms with van der Waals surface area (Å²) < 4.78 is 65.9. The summed E-state index contributed by atoms with van der Waals surface area (Å²) in [6.07, 6.45) is -3.46. The molecule has 2 heterocycles. The molecule has 1 fully saturated rings. The molecule has 0 unspecified atom stereocenters. The van der Waals surface area contributed by atoms with E-state index in [4.69, 9.17) is 0 Å². The zero-order valence-corrected chi connectivity index (χ0v) is 18.2. The Balaban J connectivity index is 1.45. The molecule has 1 aromatic heterocycles. The maximum absolute atomic E-state index is 13.3. The van der Waals surface area contributed by atoms with E-state index in [2.05, 4.69) is 4.98 Å². The number of alkyl halides is 3. The lowest BCUT2D eigenvalue weighted by molar-refractivity contribution is -0.139. The van der Waals surface area contributed by atoms with Gasteiger partial charge in [-0.3, -0.25) is 0 Å². The summed E-state index contributed by atoms with van der Waals surface area (Å²) in [6.45, 7) is 0.882. The number of thiazole rings is 1. The molecule has 2 aromatic carbocycles. The van der Waals surface area contributed by atoms with Gasteiger partial charge in [-0.15, -0.1) is 11.3 Å². The normalized spacial score (nSPS) is 15.9. The zero-order chi connectivity index (χ0) is 22.1. The highest BCUT2D eigenvalue weighted by molar-refractivity contribution is 7.92. The highest BCUT2D eigenvalue weighted by Gasteiger charge is 2.40. The Morgan fingerprint density at radius 1 is 1.00 bits per heavy atom. The number of hydrogen-bond donors (Lipinski definition) is 0. The monoisotopic (exact) mass is 466 g/mol. The van der Waals surface area contributed by atoms with Crippen molar-refractivity contribution in [3.05, 3.63) is 76.8 Å². The van der Waals surface area contributed by atoms with Gasteiger partial charge in [-0.05, 0) is 30.5 Å². The summed E-state index contributed by atoms with van der Waals surface area (Å²) in [5.74, 6) is 0. The molecule has 0 aliphatic carbocycles. The Kier molecular flexibility index (Phi) is 6.07. The molecule has 1 aliphatic heterocycles. The number of rotatable bonds is 5. The van der Waals surface area contributed by atoms with Gasteiger partial charge in [0.1, 0.15) is 0 Å². The van der Waals surface area contributed by atoms with Gasteiger partial charge in [0.05, 0.1) is 21.4 Å². The van der Waals surface area contributed by atoms with Gasteiger partial charge in [0.25, 0.3) is 0 Å². The topological polar surface area (TPSA) is 50.3 Å². The van der Waals surface area contributed by atoms with Crippen molar-refractivity contribution in [1.82, 2.24) is 4.98 Å². The molecule has 1 saturated heterocycles. The molecule has 164 valence electrons. The van der Waals surface area contributed by atoms with Crippen LogP contribution in [-0.4, -0.2) is 31.7 Å². The van der Waals surface area contributed by atoms with Crippen molar-refractivity contribution in [3.8, 4) is 0 Å². The molecular weight excluding hydrogens is 445 g/mol. The number of anilines is 1. The van der Waals surface area contributed by atoms with Crippen molar-refractivity contribution in [2.45, 2.75) is 35.6 Å². The Morgan fingerprint density at radius 3 is 2.32 bits per heavy atom. The number of halogens is 3. The minimum absolute atomic E-state index is 0.266. The minimum Gasteiger partial charge on any atom is -0.348 e. The van der Waals surface area contributed by atoms with Crippen LogP contribution in [0.3, 0.4) is 0 Å². The second-order valence-electron chi connectivity index (χ2n) is 7.51. The van der Waals surface area contributed by atoms with Crippen LogP contribution in [0.4, 0.5) is 18.3 Å². The SMILES string of the molecule is O=S(=O)(c1ccccc1C(F)(F)F)C1CCN(c2nc(Cc3ccccc3)cs2)CC1. The molecule has 0 spiro atoms. The quantitative estimate of drug-likeness (QED) is 0.519. The predicted octanol–water partition coefficient (Wildman–Crippen LogP) is 5.20. The van der Waals surface area contributed by atoms with Gasteiger partial charge >= 0.3 is 6.18 Å². The maximum atomic E-state index is 13.3. The molecule has 0 bridgehead atoms. The van der Waals surface area contributed by atoms with Crippen LogP contribution in [-0.2, 0) is 22.4 Å². The third kappa shape index (κ3) is 4.77. The van der Waals surface area contributed by atoms with Gasteiger partial charge in [0.15, 0.2) is 15.0 Å². The molecular formula is C22H21F3N2O2S2. The average Bonchev–Trinajstić information content (AvgIpc) is 3.22. The number of benzene rings is 2. The van der Waals surface area contributed by atoms with Crippen molar-refractivity contribution in [2.24, 2.45) is 0 Å². The first-order valence-corrected chi connectivity index (χ1v) is 12.3. The molecule has 9 heteroatoms. The summed E-state index contributed by atoms with van der Waals surface area (Å²) in [5, 5.41) is 1.97. The lowest BCUT2D eigenvalue weighted by Crippen LogP contribution is -2.39. The molecule has 4 rings (SSSR count). The largest absolute Gasteiger partial charge is 0.417 e. The van der Waals surface area contributed by atoms with Crippen molar-refractivity contribution in [3.63, 3.8) is 0 Å². The standard InChI is InChI=1S/C22H21F3N2O2S2/c23-22(24,25)19-8-4-5-9-20(19)31(28,29)18-10-12-27(13-11-18)21-26-17(15-30-21)14-16-6-2-1-3-7-16/h1-9,15,18H,10-14H2. The molecule has 0 saturated carbocycles. The fraction of sp³-hybridized carbons (Fsp3) is 0.318. The Hall–Kier alpha value is -2.39. The van der Waals surface area contributed by atoms with Gasteiger partial charge < -0.3 is 4.90 Å². The van der Waals surface area contributed by atoms with Gasteiger partial charge in [-0.1, -0.05) is 42.5 Å². The number of piperidine rings is 1. The van der Waals surface area contributed by atoms with Crippen LogP contribution in [0.1, 0.15) is 29.7 Å². The molecule has 0 amide bonds. The van der Waals surface area contributed by atoms with E-state index >= 15 is 0 Å². The van der Waals surface area contributed by atoms with Crippen molar-refractivity contribution in [2.75, 3.05) is 18.0 Å². The van der Waals surface area contributed by atoms with E-state index < -0.39 is 31.7 Å². The number of aromatic nitrogens is 1. The molecule has 3 aromatic rings. The fourth-order valence-corrected chi connectivity index (χ4v) is 6.64. The second-order valence-corrected chi connectivity index (χ2v) is 10.5. The van der Waals surface area contributed by atoms with Crippen molar-refractivity contribution >= 4 is 26.3 Å². The Bertz CT molecular complexity index is 1140. The van der Waals surface area contributed by atoms with Gasteiger partial charge in [-0.2, -0.15) is 13.2 Å². The first kappa shape index (κ1) is 21.8. The second kappa shape index (κ2) is 8.63. The molecule has 0 N–H and O–H groups in total. The van der Waals surface area contributed by atoms with Crippen LogP contribution >= 0.6 is 11.3 Å². The molecule has 0 radical (unpaired) electrons. The van der Waals surface area contributed by atoms with Crippen LogP contribution in [0.2, 0.25) is 0 Å². The number of hydrogen-bond acceptors (Lipinski definition) is 5. The number of sulfone groups is 1. The summed E-state index contributed by atoms with van der Waals surface area (Å²) in [4.78, 5) is 6.06. The predicted molar refractivity (Wildman–Crippen MR) is 115 cm³/mol. The van der Waals surface area contributed by atoms with Gasteiger partial charge in [-0.25, -0.2) is 13.4 Å². The zero-order valence-electron chi connectivity index (χ0n) is 16.5. The minimum atomic E-state index is -4.71. The smallest absolute Gasteiger partial charge is 0.348 e. The Labute approximate surface area is 183 Å². The maximum Gasteiger partial charge on any atom is 0.417 e. The summed E-state index contributed by atoms with van der Waals surface area (Å²) in [5.41, 5.74) is 1.01. The Morgan fingerprint density at radius 2 is 1.65 bits per heavy atom. The van der Waals surface area contributed by atoms with Crippen LogP contribution in [0, 0.1) is 0 Å². The average molecular weight is 467 g/mol. The van der Waals surface area contributed by atoms with E-state index in [9.17, 15) is 21.6 Å². The highest BCUT2D eigenvalue weighted by Crippen LogP contribution is 2.37. The van der Waals surface area contributed by atoms with Crippen LogP contribution < -0.4 is 4.90 Å². The van der Waals surface area contributed by atoms with Crippen molar-refractivity contribution in [1.29, 1.82) is 0 Å². The van der Waals surface area contributed by atoms with Crippen molar-refractivity contribution < 1.29 is 21.6 Å². The number of nitrogens with zero attached hydrogens (tertiary/aromatic N) is 2. The van der Waals surface area contributed by atoms with Gasteiger partial charge in [0, 0.05) is 24.9 Å². The summed E-state index contributed by atoms with van der Waals surface area (Å²) >= 11 is 1.50. The first-order valence-electron chi connectivity index (χ1n) is 9.88. The third-order valence-corrected chi connectivity index (χ3v) is 8.69. The molecule has 4 nitrogen and oxygen atoms in total. The van der Waals surface area contributed by atoms with Crippen LogP contribution in [0.15, 0.2) is 64.9 Å². The third-order valence-electron chi connectivity index (χ3n) is 5.42. The fourth-order valence-electron chi connectivity index (χ4n) is 3.81. The van der Waals surface area contributed by atoms with E-state index in [1.807, 2.05) is 40.6 Å². The van der Waals surface area contributed by atoms with E-state index in [0.717, 1.165) is 34.9 Å². The lowest BCUT2D eigenvalue weighted by atomic mass is 10.1. The highest BCUT2D eigenvalue weighted by atomic mass is 32.2. The van der Waals surface area contributed by atoms with E-state index in [0.29, 0.717) is 13.1 Å².